The molecule has 3 N–H and O–H groups in total. The number of nitrogens with zero attached hydrogens (tertiary/aromatic N) is 1. The van der Waals surface area contributed by atoms with Crippen molar-refractivity contribution in [3.05, 3.63) is 0 Å². The fourth-order valence-electron chi connectivity index (χ4n) is 2.64. The molecule has 2 unspecified atom stereocenters. The lowest BCUT2D eigenvalue weighted by Crippen LogP contribution is -2.43. The van der Waals surface area contributed by atoms with Crippen LogP contribution in [0.5, 0.6) is 0 Å². The number of rotatable bonds is 7. The maximum absolute atomic E-state index is 11.5. The predicted molar refractivity (Wildman–Crippen MR) is 89.8 cm³/mol. The Morgan fingerprint density at radius 2 is 2.05 bits per heavy atom. The SMILES string of the molecule is CCNC(=NCCNC(=O)C1CC1)NC1CCC(SC)C1. The Morgan fingerprint density at radius 1 is 1.24 bits per heavy atom. The van der Waals surface area contributed by atoms with Gasteiger partial charge < -0.3 is 16.0 Å². The molecule has 0 heterocycles. The summed E-state index contributed by atoms with van der Waals surface area (Å²) in [5.74, 6) is 1.36. The van der Waals surface area contributed by atoms with E-state index in [-0.39, 0.29) is 11.8 Å². The smallest absolute Gasteiger partial charge is 0.223 e. The van der Waals surface area contributed by atoms with E-state index >= 15 is 0 Å². The average Bonchev–Trinajstić information content (AvgIpc) is 3.24. The summed E-state index contributed by atoms with van der Waals surface area (Å²) in [5, 5.41) is 10.5. The first kappa shape index (κ1) is 16.5. The Morgan fingerprint density at radius 3 is 2.67 bits per heavy atom. The minimum atomic E-state index is 0.196. The van der Waals surface area contributed by atoms with Gasteiger partial charge in [-0.1, -0.05) is 0 Å². The first-order chi connectivity index (χ1) is 10.2. The Hall–Kier alpha value is -0.910. The zero-order chi connectivity index (χ0) is 15.1. The Balaban J connectivity index is 1.69. The normalized spacial score (nSPS) is 25.7. The van der Waals surface area contributed by atoms with Gasteiger partial charge in [0.2, 0.25) is 5.91 Å². The van der Waals surface area contributed by atoms with Gasteiger partial charge in [-0.15, -0.1) is 0 Å². The van der Waals surface area contributed by atoms with Gasteiger partial charge in [-0.25, -0.2) is 0 Å². The van der Waals surface area contributed by atoms with Gasteiger partial charge in [0.1, 0.15) is 0 Å². The standard InChI is InChI=1S/C15H28N4OS/c1-3-16-15(19-12-6-7-13(10-12)21-2)18-9-8-17-14(20)11-4-5-11/h11-13H,3-10H2,1-2H3,(H,17,20)(H2,16,18,19). The summed E-state index contributed by atoms with van der Waals surface area (Å²) in [4.78, 5) is 16.1. The quantitative estimate of drug-likeness (QED) is 0.377. The minimum absolute atomic E-state index is 0.196. The molecule has 2 saturated carbocycles. The predicted octanol–water partition coefficient (Wildman–Crippen LogP) is 1.35. The van der Waals surface area contributed by atoms with Crippen molar-refractivity contribution in [3.63, 3.8) is 0 Å². The third-order valence-electron chi connectivity index (χ3n) is 4.03. The molecule has 2 fully saturated rings. The molecule has 1 amide bonds. The van der Waals surface area contributed by atoms with E-state index in [1.54, 1.807) is 0 Å². The summed E-state index contributed by atoms with van der Waals surface area (Å²) in [7, 11) is 0. The number of hydrogen-bond acceptors (Lipinski definition) is 3. The first-order valence-corrected chi connectivity index (χ1v) is 9.37. The number of guanidine groups is 1. The molecule has 5 nitrogen and oxygen atoms in total. The van der Waals surface area contributed by atoms with Crippen LogP contribution in [0.15, 0.2) is 4.99 Å². The van der Waals surface area contributed by atoms with Crippen LogP contribution in [0, 0.1) is 5.92 Å². The van der Waals surface area contributed by atoms with E-state index in [4.69, 9.17) is 0 Å². The molecule has 0 radical (unpaired) electrons. The molecular formula is C15H28N4OS. The molecule has 0 aromatic rings. The van der Waals surface area contributed by atoms with Gasteiger partial charge in [-0.05, 0) is 45.3 Å². The van der Waals surface area contributed by atoms with Crippen molar-refractivity contribution >= 4 is 23.6 Å². The molecule has 2 atom stereocenters. The van der Waals surface area contributed by atoms with Crippen LogP contribution in [-0.4, -0.2) is 49.0 Å². The Labute approximate surface area is 132 Å². The number of aliphatic imine (C=N–C) groups is 1. The van der Waals surface area contributed by atoms with Crippen molar-refractivity contribution in [1.82, 2.24) is 16.0 Å². The molecular weight excluding hydrogens is 284 g/mol. The van der Waals surface area contributed by atoms with Crippen LogP contribution in [0.3, 0.4) is 0 Å². The highest BCUT2D eigenvalue weighted by Gasteiger charge is 2.29. The number of carbonyl (C=O) groups excluding carboxylic acids is 1. The first-order valence-electron chi connectivity index (χ1n) is 8.08. The number of hydrogen-bond donors (Lipinski definition) is 3. The van der Waals surface area contributed by atoms with E-state index in [2.05, 4.69) is 34.1 Å². The molecule has 0 aromatic carbocycles. The highest BCUT2D eigenvalue weighted by Crippen LogP contribution is 2.28. The van der Waals surface area contributed by atoms with E-state index in [0.717, 1.165) is 30.6 Å². The van der Waals surface area contributed by atoms with Gasteiger partial charge in [0, 0.05) is 30.3 Å². The molecule has 120 valence electrons. The molecule has 0 bridgehead atoms. The molecule has 0 aromatic heterocycles. The van der Waals surface area contributed by atoms with Crippen LogP contribution in [0.4, 0.5) is 0 Å². The maximum atomic E-state index is 11.5. The molecule has 0 aliphatic heterocycles. The van der Waals surface area contributed by atoms with Gasteiger partial charge in [0.25, 0.3) is 0 Å². The fraction of sp³-hybridized carbons (Fsp3) is 0.867. The minimum Gasteiger partial charge on any atom is -0.357 e. The maximum Gasteiger partial charge on any atom is 0.223 e. The zero-order valence-electron chi connectivity index (χ0n) is 13.2. The molecule has 0 saturated heterocycles. The summed E-state index contributed by atoms with van der Waals surface area (Å²) < 4.78 is 0. The van der Waals surface area contributed by atoms with Gasteiger partial charge in [0.15, 0.2) is 5.96 Å². The number of thioether (sulfide) groups is 1. The fourth-order valence-corrected chi connectivity index (χ4v) is 3.43. The highest BCUT2D eigenvalue weighted by atomic mass is 32.2. The van der Waals surface area contributed by atoms with Gasteiger partial charge in [0.05, 0.1) is 6.54 Å². The molecule has 2 rings (SSSR count). The second kappa shape index (κ2) is 8.51. The third-order valence-corrected chi connectivity index (χ3v) is 5.13. The van der Waals surface area contributed by atoms with Gasteiger partial charge in [-0.2, -0.15) is 11.8 Å². The van der Waals surface area contributed by atoms with Crippen molar-refractivity contribution in [2.45, 2.75) is 50.3 Å². The van der Waals surface area contributed by atoms with Crippen molar-refractivity contribution in [1.29, 1.82) is 0 Å². The van der Waals surface area contributed by atoms with Crippen LogP contribution in [0.25, 0.3) is 0 Å². The third kappa shape index (κ3) is 5.77. The van der Waals surface area contributed by atoms with Crippen LogP contribution < -0.4 is 16.0 Å². The largest absolute Gasteiger partial charge is 0.357 e. The Kier molecular flexibility index (Phi) is 6.67. The highest BCUT2D eigenvalue weighted by molar-refractivity contribution is 7.99. The Bertz CT molecular complexity index is 371. The number of nitrogens with one attached hydrogen (secondary N) is 3. The average molecular weight is 312 g/mol. The summed E-state index contributed by atoms with van der Waals surface area (Å²) in [6, 6.07) is 0.529. The number of amides is 1. The molecule has 6 heteroatoms. The second-order valence-electron chi connectivity index (χ2n) is 5.84. The van der Waals surface area contributed by atoms with Crippen molar-refractivity contribution in [2.24, 2.45) is 10.9 Å². The lowest BCUT2D eigenvalue weighted by Gasteiger charge is -2.17. The second-order valence-corrected chi connectivity index (χ2v) is 6.98. The van der Waals surface area contributed by atoms with E-state index in [9.17, 15) is 4.79 Å². The van der Waals surface area contributed by atoms with E-state index < -0.39 is 0 Å². The number of carbonyl (C=O) groups is 1. The lowest BCUT2D eigenvalue weighted by molar-refractivity contribution is -0.122. The molecule has 0 spiro atoms. The van der Waals surface area contributed by atoms with E-state index in [0.29, 0.717) is 19.1 Å². The lowest BCUT2D eigenvalue weighted by atomic mass is 10.2. The molecule has 2 aliphatic carbocycles. The summed E-state index contributed by atoms with van der Waals surface area (Å²) in [6.45, 7) is 4.20. The van der Waals surface area contributed by atoms with E-state index in [1.165, 1.54) is 19.3 Å². The van der Waals surface area contributed by atoms with Crippen molar-refractivity contribution in [2.75, 3.05) is 25.9 Å². The van der Waals surface area contributed by atoms with Crippen LogP contribution in [0.1, 0.15) is 39.0 Å². The van der Waals surface area contributed by atoms with E-state index in [1.807, 2.05) is 11.8 Å². The zero-order valence-corrected chi connectivity index (χ0v) is 14.0. The monoisotopic (exact) mass is 312 g/mol. The van der Waals surface area contributed by atoms with Crippen molar-refractivity contribution < 1.29 is 4.79 Å². The van der Waals surface area contributed by atoms with Gasteiger partial charge >= 0.3 is 0 Å². The summed E-state index contributed by atoms with van der Waals surface area (Å²) >= 11 is 1.96. The summed E-state index contributed by atoms with van der Waals surface area (Å²) in [6.07, 6.45) is 8.01. The molecule has 2 aliphatic rings. The van der Waals surface area contributed by atoms with Crippen LogP contribution in [0.2, 0.25) is 0 Å². The topological polar surface area (TPSA) is 65.5 Å². The van der Waals surface area contributed by atoms with Crippen molar-refractivity contribution in [3.8, 4) is 0 Å². The van der Waals surface area contributed by atoms with Gasteiger partial charge in [-0.3, -0.25) is 9.79 Å². The van der Waals surface area contributed by atoms with Crippen LogP contribution in [-0.2, 0) is 4.79 Å². The molecule has 21 heavy (non-hydrogen) atoms. The van der Waals surface area contributed by atoms with Crippen LogP contribution >= 0.6 is 11.8 Å². The summed E-state index contributed by atoms with van der Waals surface area (Å²) in [5.41, 5.74) is 0.